The Hall–Kier alpha value is -1.06. The van der Waals surface area contributed by atoms with E-state index in [1.807, 2.05) is 9.80 Å². The van der Waals surface area contributed by atoms with Crippen molar-refractivity contribution in [3.05, 3.63) is 35.4 Å². The summed E-state index contributed by atoms with van der Waals surface area (Å²) >= 11 is 0. The number of ether oxygens (including phenoxy) is 1. The Labute approximate surface area is 179 Å². The van der Waals surface area contributed by atoms with Gasteiger partial charge >= 0.3 is 0 Å². The Bertz CT molecular complexity index is 463. The maximum absolute atomic E-state index is 5.58. The third-order valence-corrected chi connectivity index (χ3v) is 4.98. The molecular weight excluding hydrogens is 364 g/mol. The summed E-state index contributed by atoms with van der Waals surface area (Å²) in [6.07, 6.45) is 2.56. The molecule has 0 spiro atoms. The topological polar surface area (TPSA) is 120 Å². The molecule has 1 aromatic carbocycles. The molecule has 0 aromatic heterocycles. The minimum atomic E-state index is 0. The molecule has 0 aliphatic rings. The third-order valence-electron chi connectivity index (χ3n) is 4.98. The van der Waals surface area contributed by atoms with Gasteiger partial charge in [0.15, 0.2) is 0 Å². The molecule has 0 amide bonds. The summed E-state index contributed by atoms with van der Waals surface area (Å²) in [5, 5.41) is 0. The number of hydrogen-bond donors (Lipinski definition) is 4. The average molecular weight is 413 g/mol. The zero-order chi connectivity index (χ0) is 21.4. The Balaban J connectivity index is 0. The van der Waals surface area contributed by atoms with Crippen molar-refractivity contribution < 1.29 is 4.74 Å². The first-order chi connectivity index (χ1) is 13.4. The minimum Gasteiger partial charge on any atom is -0.377 e. The van der Waals surface area contributed by atoms with Gasteiger partial charge in [0.1, 0.15) is 0 Å². The molecule has 0 saturated carbocycles. The van der Waals surface area contributed by atoms with E-state index in [0.29, 0.717) is 45.3 Å². The molecule has 29 heavy (non-hydrogen) atoms. The fraction of sp³-hybridized carbons (Fsp3) is 0.727. The molecule has 172 valence electrons. The van der Waals surface area contributed by atoms with Crippen molar-refractivity contribution in [1.82, 2.24) is 9.80 Å². The van der Waals surface area contributed by atoms with Crippen LogP contribution in [0.2, 0.25) is 0 Å². The van der Waals surface area contributed by atoms with Crippen LogP contribution in [0.25, 0.3) is 0 Å². The summed E-state index contributed by atoms with van der Waals surface area (Å²) in [5.41, 5.74) is 24.7. The molecule has 8 N–H and O–H groups in total. The van der Waals surface area contributed by atoms with Crippen molar-refractivity contribution in [2.75, 3.05) is 39.8 Å². The summed E-state index contributed by atoms with van der Waals surface area (Å²) in [7, 11) is 0. The van der Waals surface area contributed by atoms with Gasteiger partial charge in [-0.05, 0) is 36.8 Å². The summed E-state index contributed by atoms with van der Waals surface area (Å²) in [4.78, 5) is 3.93. The second kappa shape index (κ2) is 18.9. The standard InChI is InChI=1S/C13H23N3.C8H21N3O.CH4/c1-3-11(2)13-6-4-12(5-7-13)8-16(9-14)10-15;1-3-8(2)12-5-4-11(6-9)7-10;/h4-7,11H,3,8-10,14-15H2,1-2H3;8H,3-7,9-10H2,1-2H3;1H4. The molecule has 0 aliphatic carbocycles. The van der Waals surface area contributed by atoms with E-state index in [4.69, 9.17) is 27.7 Å². The molecule has 7 nitrogen and oxygen atoms in total. The fourth-order valence-corrected chi connectivity index (χ4v) is 2.41. The normalized spacial score (nSPS) is 12.9. The molecule has 0 radical (unpaired) electrons. The van der Waals surface area contributed by atoms with Crippen molar-refractivity contribution in [1.29, 1.82) is 0 Å². The Morgan fingerprint density at radius 3 is 1.76 bits per heavy atom. The summed E-state index contributed by atoms with van der Waals surface area (Å²) in [6.45, 7) is 13.0. The number of hydrogen-bond acceptors (Lipinski definition) is 7. The predicted octanol–water partition coefficient (Wildman–Crippen LogP) is 2.41. The van der Waals surface area contributed by atoms with Crippen LogP contribution in [0.5, 0.6) is 0 Å². The number of rotatable bonds is 13. The fourth-order valence-electron chi connectivity index (χ4n) is 2.41. The number of benzene rings is 1. The van der Waals surface area contributed by atoms with Crippen molar-refractivity contribution in [3.63, 3.8) is 0 Å². The number of nitrogens with zero attached hydrogens (tertiary/aromatic N) is 2. The highest BCUT2D eigenvalue weighted by atomic mass is 16.5. The van der Waals surface area contributed by atoms with E-state index in [-0.39, 0.29) is 7.43 Å². The van der Waals surface area contributed by atoms with E-state index < -0.39 is 0 Å². The van der Waals surface area contributed by atoms with Gasteiger partial charge in [0.25, 0.3) is 0 Å². The van der Waals surface area contributed by atoms with E-state index in [9.17, 15) is 0 Å². The molecule has 0 heterocycles. The smallest absolute Gasteiger partial charge is 0.0598 e. The molecule has 7 heteroatoms. The second-order valence-corrected chi connectivity index (χ2v) is 7.09. The molecule has 1 rings (SSSR count). The minimum absolute atomic E-state index is 0. The van der Waals surface area contributed by atoms with E-state index in [0.717, 1.165) is 19.5 Å². The van der Waals surface area contributed by atoms with Crippen molar-refractivity contribution in [2.45, 2.75) is 66.5 Å². The lowest BCUT2D eigenvalue weighted by Crippen LogP contribution is -2.37. The van der Waals surface area contributed by atoms with Crippen LogP contribution in [0.4, 0.5) is 0 Å². The highest BCUT2D eigenvalue weighted by Crippen LogP contribution is 2.19. The average Bonchev–Trinajstić information content (AvgIpc) is 2.75. The first-order valence-corrected chi connectivity index (χ1v) is 10.4. The number of nitrogens with two attached hydrogens (primary N) is 4. The monoisotopic (exact) mass is 412 g/mol. The lowest BCUT2D eigenvalue weighted by atomic mass is 9.97. The zero-order valence-electron chi connectivity index (χ0n) is 18.4. The van der Waals surface area contributed by atoms with Crippen LogP contribution in [0.3, 0.4) is 0 Å². The SMILES string of the molecule is C.CCC(C)OCCN(CN)CN.CCC(C)c1ccc(CN(CN)CN)cc1. The van der Waals surface area contributed by atoms with Gasteiger partial charge in [-0.1, -0.05) is 52.5 Å². The van der Waals surface area contributed by atoms with Crippen LogP contribution < -0.4 is 22.9 Å². The first kappa shape index (κ1) is 30.1. The largest absolute Gasteiger partial charge is 0.377 e. The molecule has 2 unspecified atom stereocenters. The van der Waals surface area contributed by atoms with Crippen molar-refractivity contribution in [2.24, 2.45) is 22.9 Å². The van der Waals surface area contributed by atoms with Gasteiger partial charge in [0, 0.05) is 39.8 Å². The van der Waals surface area contributed by atoms with Crippen LogP contribution in [0.1, 0.15) is 65.0 Å². The molecule has 0 aliphatic heterocycles. The Morgan fingerprint density at radius 2 is 1.34 bits per heavy atom. The Morgan fingerprint density at radius 1 is 0.828 bits per heavy atom. The van der Waals surface area contributed by atoms with Crippen molar-refractivity contribution >= 4 is 0 Å². The lowest BCUT2D eigenvalue weighted by Gasteiger charge is -2.18. The molecule has 0 bridgehead atoms. The highest BCUT2D eigenvalue weighted by Gasteiger charge is 2.04. The van der Waals surface area contributed by atoms with E-state index in [1.165, 1.54) is 17.5 Å². The molecule has 0 fully saturated rings. The van der Waals surface area contributed by atoms with Gasteiger partial charge in [-0.2, -0.15) is 0 Å². The van der Waals surface area contributed by atoms with Crippen LogP contribution in [-0.2, 0) is 11.3 Å². The van der Waals surface area contributed by atoms with E-state index in [1.54, 1.807) is 0 Å². The van der Waals surface area contributed by atoms with Gasteiger partial charge in [0.2, 0.25) is 0 Å². The van der Waals surface area contributed by atoms with Gasteiger partial charge in [-0.15, -0.1) is 0 Å². The third kappa shape index (κ3) is 13.7. The van der Waals surface area contributed by atoms with Crippen LogP contribution in [0, 0.1) is 0 Å². The molecule has 0 saturated heterocycles. The predicted molar refractivity (Wildman–Crippen MR) is 126 cm³/mol. The van der Waals surface area contributed by atoms with E-state index >= 15 is 0 Å². The zero-order valence-corrected chi connectivity index (χ0v) is 18.4. The van der Waals surface area contributed by atoms with Gasteiger partial charge in [0.05, 0.1) is 12.7 Å². The van der Waals surface area contributed by atoms with Gasteiger partial charge < -0.3 is 27.7 Å². The Kier molecular flexibility index (Phi) is 19.7. The summed E-state index contributed by atoms with van der Waals surface area (Å²) in [5.74, 6) is 0.633. The maximum Gasteiger partial charge on any atom is 0.0598 e. The molecular formula is C22H48N6O. The van der Waals surface area contributed by atoms with Crippen LogP contribution >= 0.6 is 0 Å². The van der Waals surface area contributed by atoms with Crippen LogP contribution in [0.15, 0.2) is 24.3 Å². The summed E-state index contributed by atoms with van der Waals surface area (Å²) < 4.78 is 5.47. The van der Waals surface area contributed by atoms with Crippen LogP contribution in [-0.4, -0.2) is 55.7 Å². The lowest BCUT2D eigenvalue weighted by molar-refractivity contribution is 0.0471. The second-order valence-electron chi connectivity index (χ2n) is 7.09. The quantitative estimate of drug-likeness (QED) is 0.367. The highest BCUT2D eigenvalue weighted by molar-refractivity contribution is 5.24. The summed E-state index contributed by atoms with van der Waals surface area (Å²) in [6, 6.07) is 8.74. The maximum atomic E-state index is 5.58. The van der Waals surface area contributed by atoms with Gasteiger partial charge in [-0.3, -0.25) is 9.80 Å². The van der Waals surface area contributed by atoms with Crippen molar-refractivity contribution in [3.8, 4) is 0 Å². The molecule has 1 aromatic rings. The van der Waals surface area contributed by atoms with Gasteiger partial charge in [-0.25, -0.2) is 0 Å². The van der Waals surface area contributed by atoms with E-state index in [2.05, 4.69) is 52.0 Å². The first-order valence-electron chi connectivity index (χ1n) is 10.4. The molecule has 2 atom stereocenters.